The maximum absolute atomic E-state index is 9.16. The minimum absolute atomic E-state index is 0.215. The summed E-state index contributed by atoms with van der Waals surface area (Å²) >= 11 is 0. The van der Waals surface area contributed by atoms with E-state index in [1.807, 2.05) is 6.92 Å². The predicted octanol–water partition coefficient (Wildman–Crippen LogP) is 1.78. The van der Waals surface area contributed by atoms with Gasteiger partial charge in [-0.05, 0) is 31.6 Å². The SMILES string of the molecule is CCC1CCC(NC[C@H](C)O)C1C. The van der Waals surface area contributed by atoms with Gasteiger partial charge in [-0.1, -0.05) is 20.3 Å². The quantitative estimate of drug-likeness (QED) is 0.700. The van der Waals surface area contributed by atoms with Crippen LogP contribution < -0.4 is 5.32 Å². The van der Waals surface area contributed by atoms with Gasteiger partial charge in [-0.2, -0.15) is 0 Å². The average Bonchev–Trinajstić information content (AvgIpc) is 2.43. The van der Waals surface area contributed by atoms with Crippen molar-refractivity contribution in [3.63, 3.8) is 0 Å². The first-order valence-electron chi connectivity index (χ1n) is 5.56. The maximum Gasteiger partial charge on any atom is 0.0636 e. The largest absolute Gasteiger partial charge is 0.392 e. The van der Waals surface area contributed by atoms with E-state index in [4.69, 9.17) is 5.11 Å². The van der Waals surface area contributed by atoms with Crippen LogP contribution in [-0.2, 0) is 0 Å². The van der Waals surface area contributed by atoms with Crippen molar-refractivity contribution < 1.29 is 5.11 Å². The summed E-state index contributed by atoms with van der Waals surface area (Å²) < 4.78 is 0. The summed E-state index contributed by atoms with van der Waals surface area (Å²) in [5, 5.41) is 12.6. The van der Waals surface area contributed by atoms with Crippen LogP contribution in [0, 0.1) is 11.8 Å². The molecule has 0 aliphatic heterocycles. The molecule has 0 amide bonds. The lowest BCUT2D eigenvalue weighted by Crippen LogP contribution is -2.37. The van der Waals surface area contributed by atoms with Crippen LogP contribution in [0.15, 0.2) is 0 Å². The van der Waals surface area contributed by atoms with Crippen molar-refractivity contribution in [1.29, 1.82) is 0 Å². The van der Waals surface area contributed by atoms with Crippen LogP contribution >= 0.6 is 0 Å². The van der Waals surface area contributed by atoms with Crippen molar-refractivity contribution in [2.75, 3.05) is 6.54 Å². The zero-order chi connectivity index (χ0) is 9.84. The van der Waals surface area contributed by atoms with Gasteiger partial charge >= 0.3 is 0 Å². The molecule has 2 heteroatoms. The highest BCUT2D eigenvalue weighted by molar-refractivity contribution is 4.86. The summed E-state index contributed by atoms with van der Waals surface area (Å²) in [7, 11) is 0. The molecule has 0 saturated heterocycles. The molecule has 0 aromatic rings. The summed E-state index contributed by atoms with van der Waals surface area (Å²) in [5.74, 6) is 1.68. The van der Waals surface area contributed by atoms with Crippen LogP contribution in [0.2, 0.25) is 0 Å². The standard InChI is InChI=1S/C11H23NO/c1-4-10-5-6-11(9(10)3)12-7-8(2)13/h8-13H,4-7H2,1-3H3/t8-,9?,10?,11?/m0/s1. The lowest BCUT2D eigenvalue weighted by Gasteiger charge is -2.21. The summed E-state index contributed by atoms with van der Waals surface area (Å²) in [6.45, 7) is 7.19. The lowest BCUT2D eigenvalue weighted by molar-refractivity contribution is 0.181. The smallest absolute Gasteiger partial charge is 0.0636 e. The second-order valence-corrected chi connectivity index (χ2v) is 4.47. The molecule has 2 nitrogen and oxygen atoms in total. The van der Waals surface area contributed by atoms with Gasteiger partial charge in [0.2, 0.25) is 0 Å². The molecule has 78 valence electrons. The Balaban J connectivity index is 2.28. The van der Waals surface area contributed by atoms with E-state index in [1.165, 1.54) is 19.3 Å². The Bertz CT molecular complexity index is 147. The molecule has 1 rings (SSSR count). The summed E-state index contributed by atoms with van der Waals surface area (Å²) in [6.07, 6.45) is 3.73. The van der Waals surface area contributed by atoms with Gasteiger partial charge in [-0.25, -0.2) is 0 Å². The van der Waals surface area contributed by atoms with Crippen LogP contribution in [0.3, 0.4) is 0 Å². The lowest BCUT2D eigenvalue weighted by atomic mass is 9.93. The molecule has 1 aliphatic carbocycles. The molecule has 0 heterocycles. The minimum Gasteiger partial charge on any atom is -0.392 e. The van der Waals surface area contributed by atoms with E-state index >= 15 is 0 Å². The molecule has 0 aromatic heterocycles. The summed E-state index contributed by atoms with van der Waals surface area (Å²) in [6, 6.07) is 0.638. The second kappa shape index (κ2) is 4.97. The first kappa shape index (κ1) is 11.0. The van der Waals surface area contributed by atoms with Gasteiger partial charge in [0.05, 0.1) is 6.10 Å². The van der Waals surface area contributed by atoms with Gasteiger partial charge in [0.25, 0.3) is 0 Å². The molecule has 4 atom stereocenters. The fourth-order valence-electron chi connectivity index (χ4n) is 2.43. The van der Waals surface area contributed by atoms with Gasteiger partial charge in [0, 0.05) is 12.6 Å². The third kappa shape index (κ3) is 2.96. The van der Waals surface area contributed by atoms with Crippen molar-refractivity contribution in [2.45, 2.75) is 52.2 Å². The van der Waals surface area contributed by atoms with Crippen molar-refractivity contribution in [2.24, 2.45) is 11.8 Å². The Morgan fingerprint density at radius 3 is 2.62 bits per heavy atom. The number of hydrogen-bond acceptors (Lipinski definition) is 2. The number of rotatable bonds is 4. The van der Waals surface area contributed by atoms with Crippen molar-refractivity contribution in [1.82, 2.24) is 5.32 Å². The van der Waals surface area contributed by atoms with E-state index in [0.29, 0.717) is 6.04 Å². The summed E-state index contributed by atoms with van der Waals surface area (Å²) in [5.41, 5.74) is 0. The molecule has 0 aromatic carbocycles. The molecule has 1 fully saturated rings. The van der Waals surface area contributed by atoms with Gasteiger partial charge in [-0.15, -0.1) is 0 Å². The van der Waals surface area contributed by atoms with Gasteiger partial charge in [0.1, 0.15) is 0 Å². The second-order valence-electron chi connectivity index (χ2n) is 4.47. The van der Waals surface area contributed by atoms with Gasteiger partial charge in [0.15, 0.2) is 0 Å². The first-order valence-corrected chi connectivity index (χ1v) is 5.56. The Labute approximate surface area is 81.7 Å². The Morgan fingerprint density at radius 1 is 1.46 bits per heavy atom. The van der Waals surface area contributed by atoms with Crippen LogP contribution in [-0.4, -0.2) is 23.8 Å². The van der Waals surface area contributed by atoms with E-state index in [2.05, 4.69) is 19.2 Å². The fraction of sp³-hybridized carbons (Fsp3) is 1.00. The molecule has 13 heavy (non-hydrogen) atoms. The third-order valence-corrected chi connectivity index (χ3v) is 3.43. The predicted molar refractivity (Wildman–Crippen MR) is 55.7 cm³/mol. The minimum atomic E-state index is -0.215. The van der Waals surface area contributed by atoms with Crippen LogP contribution in [0.1, 0.15) is 40.0 Å². The topological polar surface area (TPSA) is 32.3 Å². The van der Waals surface area contributed by atoms with E-state index < -0.39 is 0 Å². The van der Waals surface area contributed by atoms with Gasteiger partial charge in [-0.3, -0.25) is 0 Å². The van der Waals surface area contributed by atoms with E-state index in [1.54, 1.807) is 0 Å². The molecule has 0 bridgehead atoms. The van der Waals surface area contributed by atoms with Crippen LogP contribution in [0.5, 0.6) is 0 Å². The molecule has 1 saturated carbocycles. The monoisotopic (exact) mass is 185 g/mol. The van der Waals surface area contributed by atoms with Crippen LogP contribution in [0.4, 0.5) is 0 Å². The Morgan fingerprint density at radius 2 is 2.15 bits per heavy atom. The van der Waals surface area contributed by atoms with Crippen molar-refractivity contribution >= 4 is 0 Å². The molecule has 2 N–H and O–H groups in total. The first-order chi connectivity index (χ1) is 6.15. The average molecular weight is 185 g/mol. The van der Waals surface area contributed by atoms with E-state index in [0.717, 1.165) is 18.4 Å². The van der Waals surface area contributed by atoms with E-state index in [9.17, 15) is 0 Å². The number of nitrogens with one attached hydrogen (secondary N) is 1. The Kier molecular flexibility index (Phi) is 4.20. The summed E-state index contributed by atoms with van der Waals surface area (Å²) in [4.78, 5) is 0. The molecule has 0 radical (unpaired) electrons. The third-order valence-electron chi connectivity index (χ3n) is 3.43. The number of aliphatic hydroxyl groups is 1. The maximum atomic E-state index is 9.16. The molecule has 1 aliphatic rings. The molecular weight excluding hydrogens is 162 g/mol. The van der Waals surface area contributed by atoms with Crippen molar-refractivity contribution in [3.8, 4) is 0 Å². The highest BCUT2D eigenvalue weighted by atomic mass is 16.3. The molecular formula is C11H23NO. The zero-order valence-corrected chi connectivity index (χ0v) is 9.09. The Hall–Kier alpha value is -0.0800. The normalized spacial score (nSPS) is 36.5. The number of aliphatic hydroxyl groups excluding tert-OH is 1. The number of hydrogen-bond donors (Lipinski definition) is 2. The zero-order valence-electron chi connectivity index (χ0n) is 9.09. The highest BCUT2D eigenvalue weighted by Crippen LogP contribution is 2.33. The van der Waals surface area contributed by atoms with Gasteiger partial charge < -0.3 is 10.4 Å². The molecule has 0 spiro atoms. The van der Waals surface area contributed by atoms with E-state index in [-0.39, 0.29) is 6.10 Å². The fourth-order valence-corrected chi connectivity index (χ4v) is 2.43. The van der Waals surface area contributed by atoms with Crippen LogP contribution in [0.25, 0.3) is 0 Å². The van der Waals surface area contributed by atoms with Crippen molar-refractivity contribution in [3.05, 3.63) is 0 Å². The molecule has 3 unspecified atom stereocenters. The highest BCUT2D eigenvalue weighted by Gasteiger charge is 2.30.